The lowest BCUT2D eigenvalue weighted by Gasteiger charge is -2.32. The highest BCUT2D eigenvalue weighted by molar-refractivity contribution is 8.14. The van der Waals surface area contributed by atoms with E-state index in [0.717, 1.165) is 16.7 Å². The first kappa shape index (κ1) is 14.1. The van der Waals surface area contributed by atoms with Gasteiger partial charge >= 0.3 is 0 Å². The summed E-state index contributed by atoms with van der Waals surface area (Å²) < 4.78 is 5.61. The van der Waals surface area contributed by atoms with E-state index in [0.29, 0.717) is 5.54 Å². The summed E-state index contributed by atoms with van der Waals surface area (Å²) in [4.78, 5) is 4.88. The van der Waals surface area contributed by atoms with Crippen LogP contribution in [0.1, 0.15) is 62.2 Å². The van der Waals surface area contributed by atoms with E-state index in [9.17, 15) is 0 Å². The summed E-state index contributed by atoms with van der Waals surface area (Å²) in [5, 5.41) is 4.84. The highest BCUT2D eigenvalue weighted by Gasteiger charge is 2.38. The molecule has 3 nitrogen and oxygen atoms in total. The lowest BCUT2D eigenvalue weighted by atomic mass is 9.83. The Labute approximate surface area is 125 Å². The largest absolute Gasteiger partial charge is 0.466 e. The molecule has 1 saturated carbocycles. The van der Waals surface area contributed by atoms with Gasteiger partial charge in [-0.3, -0.25) is 4.99 Å². The van der Waals surface area contributed by atoms with Crippen LogP contribution in [0.4, 0.5) is 0 Å². The van der Waals surface area contributed by atoms with Crippen LogP contribution in [0.3, 0.4) is 0 Å². The molecule has 2 aliphatic rings. The fraction of sp³-hybridized carbons (Fsp3) is 0.688. The van der Waals surface area contributed by atoms with E-state index < -0.39 is 0 Å². The van der Waals surface area contributed by atoms with Crippen LogP contribution in [-0.4, -0.2) is 16.5 Å². The van der Waals surface area contributed by atoms with Gasteiger partial charge in [0, 0.05) is 16.9 Å². The third-order valence-electron chi connectivity index (χ3n) is 4.51. The van der Waals surface area contributed by atoms with Gasteiger partial charge in [-0.15, -0.1) is 0 Å². The first-order valence-corrected chi connectivity index (χ1v) is 8.62. The molecule has 1 atom stereocenters. The molecular weight excluding hydrogens is 268 g/mol. The van der Waals surface area contributed by atoms with Gasteiger partial charge in [0.05, 0.1) is 6.04 Å². The molecule has 1 unspecified atom stereocenters. The monoisotopic (exact) mass is 292 g/mol. The highest BCUT2D eigenvalue weighted by Crippen LogP contribution is 2.37. The van der Waals surface area contributed by atoms with Gasteiger partial charge in [-0.25, -0.2) is 0 Å². The van der Waals surface area contributed by atoms with Crippen molar-refractivity contribution >= 4 is 16.9 Å². The fourth-order valence-electron chi connectivity index (χ4n) is 3.38. The van der Waals surface area contributed by atoms with Crippen LogP contribution in [-0.2, 0) is 0 Å². The number of nitrogens with one attached hydrogen (secondary N) is 1. The van der Waals surface area contributed by atoms with Crippen molar-refractivity contribution < 1.29 is 4.42 Å². The van der Waals surface area contributed by atoms with Crippen molar-refractivity contribution in [3.8, 4) is 0 Å². The van der Waals surface area contributed by atoms with E-state index >= 15 is 0 Å². The molecule has 0 aromatic carbocycles. The number of thioether (sulfide) groups is 1. The quantitative estimate of drug-likeness (QED) is 0.880. The molecule has 110 valence electrons. The SMILES string of the molecule is Cc1cc(C(C)N=C2NC3(CCCCC3)CS2)c(C)o1. The molecule has 2 heterocycles. The second kappa shape index (κ2) is 5.47. The number of rotatable bonds is 2. The molecular formula is C16H24N2OS. The highest BCUT2D eigenvalue weighted by atomic mass is 32.2. The molecule has 1 spiro atoms. The second-order valence-corrected chi connectivity index (χ2v) is 7.20. The van der Waals surface area contributed by atoms with Crippen molar-refractivity contribution in [1.29, 1.82) is 0 Å². The predicted octanol–water partition coefficient (Wildman–Crippen LogP) is 4.35. The molecule has 2 fully saturated rings. The summed E-state index contributed by atoms with van der Waals surface area (Å²) in [5.41, 5.74) is 1.55. The van der Waals surface area contributed by atoms with Crippen LogP contribution < -0.4 is 5.32 Å². The summed E-state index contributed by atoms with van der Waals surface area (Å²) in [6.45, 7) is 6.17. The van der Waals surface area contributed by atoms with Crippen LogP contribution in [0.25, 0.3) is 0 Å². The Hall–Kier alpha value is -0.900. The van der Waals surface area contributed by atoms with Gasteiger partial charge < -0.3 is 9.73 Å². The molecule has 1 aliphatic heterocycles. The van der Waals surface area contributed by atoms with E-state index in [2.05, 4.69) is 18.3 Å². The first-order chi connectivity index (χ1) is 9.58. The number of aliphatic imine (C=N–C) groups is 1. The van der Waals surface area contributed by atoms with Gasteiger partial charge in [-0.2, -0.15) is 0 Å². The molecule has 1 saturated heterocycles. The smallest absolute Gasteiger partial charge is 0.157 e. The Morgan fingerprint density at radius 3 is 2.70 bits per heavy atom. The third kappa shape index (κ3) is 2.76. The lowest BCUT2D eigenvalue weighted by molar-refractivity contribution is 0.303. The van der Waals surface area contributed by atoms with Gasteiger partial charge in [0.15, 0.2) is 5.17 Å². The summed E-state index contributed by atoms with van der Waals surface area (Å²) >= 11 is 1.89. The van der Waals surface area contributed by atoms with E-state index in [1.807, 2.05) is 25.6 Å². The molecule has 0 radical (unpaired) electrons. The maximum atomic E-state index is 5.61. The molecule has 1 N–H and O–H groups in total. The molecule has 4 heteroatoms. The topological polar surface area (TPSA) is 37.5 Å². The van der Waals surface area contributed by atoms with Gasteiger partial charge in [0.25, 0.3) is 0 Å². The number of amidine groups is 1. The first-order valence-electron chi connectivity index (χ1n) is 7.64. The van der Waals surface area contributed by atoms with E-state index in [1.54, 1.807) is 0 Å². The minimum absolute atomic E-state index is 0.168. The summed E-state index contributed by atoms with van der Waals surface area (Å²) in [5.74, 6) is 3.15. The summed E-state index contributed by atoms with van der Waals surface area (Å²) in [7, 11) is 0. The Balaban J connectivity index is 1.72. The zero-order valence-corrected chi connectivity index (χ0v) is 13.5. The van der Waals surface area contributed by atoms with Crippen LogP contribution in [0.2, 0.25) is 0 Å². The molecule has 3 rings (SSSR count). The number of furan rings is 1. The van der Waals surface area contributed by atoms with Crippen LogP contribution in [0.15, 0.2) is 15.5 Å². The number of hydrogen-bond acceptors (Lipinski definition) is 3. The zero-order chi connectivity index (χ0) is 14.2. The average Bonchev–Trinajstić information content (AvgIpc) is 2.94. The Morgan fingerprint density at radius 1 is 1.30 bits per heavy atom. The van der Waals surface area contributed by atoms with E-state index in [4.69, 9.17) is 9.41 Å². The summed E-state index contributed by atoms with van der Waals surface area (Å²) in [6.07, 6.45) is 6.71. The second-order valence-electron chi connectivity index (χ2n) is 6.23. The van der Waals surface area contributed by atoms with Gasteiger partial charge in [-0.05, 0) is 39.7 Å². The zero-order valence-electron chi connectivity index (χ0n) is 12.7. The van der Waals surface area contributed by atoms with Gasteiger partial charge in [-0.1, -0.05) is 31.0 Å². The minimum atomic E-state index is 0.168. The average molecular weight is 292 g/mol. The normalized spacial score (nSPS) is 25.1. The van der Waals surface area contributed by atoms with Crippen molar-refractivity contribution in [2.24, 2.45) is 4.99 Å². The standard InChI is InChI=1S/C16H24N2OS/c1-11-9-14(13(3)19-11)12(2)17-15-18-16(10-20-15)7-5-4-6-8-16/h9,12H,4-8,10H2,1-3H3,(H,17,18). The van der Waals surface area contributed by atoms with E-state index in [-0.39, 0.29) is 6.04 Å². The third-order valence-corrected chi connectivity index (χ3v) is 5.69. The molecule has 1 aromatic rings. The fourth-order valence-corrected chi connectivity index (χ4v) is 4.68. The molecule has 1 aromatic heterocycles. The van der Waals surface area contributed by atoms with Gasteiger partial charge in [0.1, 0.15) is 11.5 Å². The summed E-state index contributed by atoms with van der Waals surface area (Å²) in [6, 6.07) is 2.28. The maximum Gasteiger partial charge on any atom is 0.157 e. The number of aryl methyl sites for hydroxylation is 2. The molecule has 0 amide bonds. The van der Waals surface area contributed by atoms with Crippen LogP contribution in [0, 0.1) is 13.8 Å². The Morgan fingerprint density at radius 2 is 2.05 bits per heavy atom. The predicted molar refractivity (Wildman–Crippen MR) is 85.4 cm³/mol. The van der Waals surface area contributed by atoms with Crippen LogP contribution >= 0.6 is 11.8 Å². The lowest BCUT2D eigenvalue weighted by Crippen LogP contribution is -2.45. The molecule has 1 aliphatic carbocycles. The van der Waals surface area contributed by atoms with E-state index in [1.165, 1.54) is 43.4 Å². The van der Waals surface area contributed by atoms with Crippen molar-refractivity contribution in [1.82, 2.24) is 5.32 Å². The number of nitrogens with zero attached hydrogens (tertiary/aromatic N) is 1. The Bertz CT molecular complexity index is 515. The minimum Gasteiger partial charge on any atom is -0.466 e. The molecule has 20 heavy (non-hydrogen) atoms. The van der Waals surface area contributed by atoms with Crippen molar-refractivity contribution in [2.75, 3.05) is 5.75 Å². The van der Waals surface area contributed by atoms with Crippen molar-refractivity contribution in [2.45, 2.75) is 64.5 Å². The number of hydrogen-bond donors (Lipinski definition) is 1. The molecule has 0 bridgehead atoms. The van der Waals surface area contributed by atoms with Crippen LogP contribution in [0.5, 0.6) is 0 Å². The van der Waals surface area contributed by atoms with Gasteiger partial charge in [0.2, 0.25) is 0 Å². The maximum absolute atomic E-state index is 5.61. The van der Waals surface area contributed by atoms with Crippen molar-refractivity contribution in [3.63, 3.8) is 0 Å². The van der Waals surface area contributed by atoms with Crippen molar-refractivity contribution in [3.05, 3.63) is 23.2 Å². The Kier molecular flexibility index (Phi) is 3.85.